The van der Waals surface area contributed by atoms with Crippen molar-refractivity contribution in [3.8, 4) is 11.1 Å². The molecule has 0 radical (unpaired) electrons. The minimum atomic E-state index is -0.628. The summed E-state index contributed by atoms with van der Waals surface area (Å²) in [5.41, 5.74) is 5.62. The number of fused-ring (bicyclic) bond motifs is 3. The normalized spacial score (nSPS) is 12.1. The maximum Gasteiger partial charge on any atom is 0.407 e. The number of amides is 1. The van der Waals surface area contributed by atoms with Crippen LogP contribution in [-0.4, -0.2) is 17.7 Å². The molecule has 0 bridgehead atoms. The van der Waals surface area contributed by atoms with E-state index in [0.29, 0.717) is 14.9 Å². The van der Waals surface area contributed by atoms with Crippen LogP contribution in [0, 0.1) is 5.82 Å². The summed E-state index contributed by atoms with van der Waals surface area (Å²) < 4.78 is 20.4. The number of halogens is 2. The summed E-state index contributed by atoms with van der Waals surface area (Å²) >= 11 is 7.65. The molecule has 1 aliphatic rings. The predicted molar refractivity (Wildman–Crippen MR) is 142 cm³/mol. The lowest BCUT2D eigenvalue weighted by atomic mass is 9.98. The average Bonchev–Trinajstić information content (AvgIpc) is 3.23. The topological polar surface area (TPSA) is 51.2 Å². The van der Waals surface area contributed by atoms with Crippen molar-refractivity contribution in [2.24, 2.45) is 0 Å². The number of nitrogens with one attached hydrogen (secondary N) is 1. The summed E-state index contributed by atoms with van der Waals surface area (Å²) in [6.45, 7) is 3.90. The zero-order chi connectivity index (χ0) is 25.1. The van der Waals surface area contributed by atoms with Gasteiger partial charge in [0.2, 0.25) is 0 Å². The Bertz CT molecular complexity index is 1410. The van der Waals surface area contributed by atoms with Gasteiger partial charge in [-0.2, -0.15) is 0 Å². The fourth-order valence-corrected chi connectivity index (χ4v) is 5.73. The Hall–Kier alpha value is -3.61. The third-order valence-electron chi connectivity index (χ3n) is 6.13. The van der Waals surface area contributed by atoms with E-state index in [-0.39, 0.29) is 24.6 Å². The third kappa shape index (κ3) is 4.74. The number of ether oxygens (including phenoxy) is 1. The van der Waals surface area contributed by atoms with Gasteiger partial charge in [0.05, 0.1) is 11.6 Å². The first-order valence-corrected chi connectivity index (χ1v) is 12.6. The van der Waals surface area contributed by atoms with Gasteiger partial charge in [-0.3, -0.25) is 0 Å². The van der Waals surface area contributed by atoms with Crippen LogP contribution < -0.4 is 5.32 Å². The summed E-state index contributed by atoms with van der Waals surface area (Å²) in [5, 5.41) is 3.69. The fraction of sp³-hybridized carbons (Fsp3) is 0.103. The maximum atomic E-state index is 14.8. The molecular formula is C29H22ClFN2O2S. The van der Waals surface area contributed by atoms with Crippen molar-refractivity contribution in [2.75, 3.05) is 6.61 Å². The van der Waals surface area contributed by atoms with Crippen molar-refractivity contribution in [3.63, 3.8) is 0 Å². The van der Waals surface area contributed by atoms with E-state index in [1.165, 1.54) is 23.9 Å². The molecule has 0 fully saturated rings. The van der Waals surface area contributed by atoms with Gasteiger partial charge in [0.1, 0.15) is 17.5 Å². The van der Waals surface area contributed by atoms with E-state index >= 15 is 0 Å². The van der Waals surface area contributed by atoms with Crippen LogP contribution in [0.15, 0.2) is 95.5 Å². The summed E-state index contributed by atoms with van der Waals surface area (Å²) in [7, 11) is 0. The van der Waals surface area contributed by atoms with Crippen LogP contribution in [-0.2, 0) is 11.3 Å². The maximum absolute atomic E-state index is 14.8. The zero-order valence-corrected chi connectivity index (χ0v) is 20.8. The molecule has 5 rings (SSSR count). The molecule has 4 nitrogen and oxygen atoms in total. The van der Waals surface area contributed by atoms with E-state index in [4.69, 9.17) is 16.3 Å². The van der Waals surface area contributed by atoms with Gasteiger partial charge in [-0.1, -0.05) is 90.6 Å². The van der Waals surface area contributed by atoms with E-state index in [0.717, 1.165) is 27.8 Å². The Labute approximate surface area is 218 Å². The van der Waals surface area contributed by atoms with Crippen LogP contribution in [0.25, 0.3) is 17.2 Å². The van der Waals surface area contributed by atoms with E-state index in [9.17, 15) is 9.18 Å². The van der Waals surface area contributed by atoms with Crippen molar-refractivity contribution in [3.05, 3.63) is 119 Å². The zero-order valence-electron chi connectivity index (χ0n) is 19.2. The number of rotatable bonds is 7. The number of alkyl carbamates (subject to hydrolysis) is 1. The molecule has 1 heterocycles. The first-order chi connectivity index (χ1) is 17.6. The van der Waals surface area contributed by atoms with Gasteiger partial charge in [-0.05, 0) is 40.5 Å². The molecule has 0 saturated carbocycles. The van der Waals surface area contributed by atoms with Gasteiger partial charge in [0.25, 0.3) is 0 Å². The molecule has 0 unspecified atom stereocenters. The van der Waals surface area contributed by atoms with Crippen molar-refractivity contribution in [2.45, 2.75) is 22.4 Å². The highest BCUT2D eigenvalue weighted by Gasteiger charge is 2.29. The summed E-state index contributed by atoms with van der Waals surface area (Å²) in [5.74, 6) is -0.532. The molecule has 3 aromatic carbocycles. The highest BCUT2D eigenvalue weighted by molar-refractivity contribution is 7.99. The molecule has 1 aliphatic carbocycles. The predicted octanol–water partition coefficient (Wildman–Crippen LogP) is 7.71. The number of benzene rings is 3. The van der Waals surface area contributed by atoms with E-state index in [2.05, 4.69) is 41.1 Å². The van der Waals surface area contributed by atoms with Crippen LogP contribution in [0.4, 0.5) is 9.18 Å². The van der Waals surface area contributed by atoms with Crippen LogP contribution in [0.3, 0.4) is 0 Å². The quantitative estimate of drug-likeness (QED) is 0.273. The number of carbonyl (C=O) groups excluding carboxylic acids is 1. The molecular weight excluding hydrogens is 495 g/mol. The van der Waals surface area contributed by atoms with E-state index in [1.54, 1.807) is 18.3 Å². The molecule has 4 aromatic rings. The van der Waals surface area contributed by atoms with Crippen LogP contribution in [0.2, 0.25) is 5.02 Å². The Morgan fingerprint density at radius 3 is 2.44 bits per heavy atom. The number of carbonyl (C=O) groups is 1. The number of aromatic nitrogens is 1. The minimum Gasteiger partial charge on any atom is -0.449 e. The first-order valence-electron chi connectivity index (χ1n) is 11.4. The highest BCUT2D eigenvalue weighted by Crippen LogP contribution is 2.44. The van der Waals surface area contributed by atoms with Crippen LogP contribution >= 0.6 is 23.4 Å². The van der Waals surface area contributed by atoms with Crippen molar-refractivity contribution >= 4 is 35.5 Å². The molecule has 0 saturated heterocycles. The SMILES string of the molecule is C=Cc1cccnc1Sc1c(Cl)ccc(F)c1CNC(=O)OCC1c2ccccc2-c2ccccc21. The summed E-state index contributed by atoms with van der Waals surface area (Å²) in [4.78, 5) is 17.5. The number of hydrogen-bond acceptors (Lipinski definition) is 4. The molecule has 0 spiro atoms. The monoisotopic (exact) mass is 516 g/mol. The van der Waals surface area contributed by atoms with E-state index in [1.807, 2.05) is 30.3 Å². The summed E-state index contributed by atoms with van der Waals surface area (Å²) in [6, 6.07) is 22.7. The average molecular weight is 517 g/mol. The Morgan fingerprint density at radius 2 is 1.75 bits per heavy atom. The van der Waals surface area contributed by atoms with Crippen molar-refractivity contribution < 1.29 is 13.9 Å². The number of nitrogens with zero attached hydrogens (tertiary/aromatic N) is 1. The Balaban J connectivity index is 1.29. The highest BCUT2D eigenvalue weighted by atomic mass is 35.5. The van der Waals surface area contributed by atoms with Crippen molar-refractivity contribution in [1.82, 2.24) is 10.3 Å². The smallest absolute Gasteiger partial charge is 0.407 e. The molecule has 0 atom stereocenters. The van der Waals surface area contributed by atoms with E-state index < -0.39 is 11.9 Å². The van der Waals surface area contributed by atoms with Crippen LogP contribution in [0.5, 0.6) is 0 Å². The number of hydrogen-bond donors (Lipinski definition) is 1. The van der Waals surface area contributed by atoms with Gasteiger partial charge in [-0.15, -0.1) is 0 Å². The molecule has 36 heavy (non-hydrogen) atoms. The third-order valence-corrected chi connectivity index (χ3v) is 7.76. The number of pyridine rings is 1. The lowest BCUT2D eigenvalue weighted by Gasteiger charge is -2.16. The van der Waals surface area contributed by atoms with Gasteiger partial charge in [0.15, 0.2) is 0 Å². The van der Waals surface area contributed by atoms with Gasteiger partial charge < -0.3 is 10.1 Å². The second-order valence-electron chi connectivity index (χ2n) is 8.22. The molecule has 1 aromatic heterocycles. The van der Waals surface area contributed by atoms with Crippen molar-refractivity contribution in [1.29, 1.82) is 0 Å². The largest absolute Gasteiger partial charge is 0.449 e. The second kappa shape index (κ2) is 10.6. The Kier molecular flexibility index (Phi) is 7.07. The standard InChI is InChI=1S/C29H22ClFN2O2S/c1-2-18-8-7-15-32-28(18)36-27-23(26(31)14-13-25(27)30)16-33-29(34)35-17-24-21-11-5-3-9-19(21)20-10-4-6-12-22(20)24/h2-15,24H,1,16-17H2,(H,33,34). The van der Waals surface area contributed by atoms with Crippen LogP contribution in [0.1, 0.15) is 28.2 Å². The molecule has 1 N–H and O–H groups in total. The molecule has 0 aliphatic heterocycles. The van der Waals surface area contributed by atoms with Gasteiger partial charge >= 0.3 is 6.09 Å². The molecule has 7 heteroatoms. The molecule has 180 valence electrons. The fourth-order valence-electron chi connectivity index (χ4n) is 4.40. The first kappa shape index (κ1) is 24.1. The minimum absolute atomic E-state index is 0.0568. The lowest BCUT2D eigenvalue weighted by molar-refractivity contribution is 0.142. The van der Waals surface area contributed by atoms with Gasteiger partial charge in [-0.25, -0.2) is 14.2 Å². The molecule has 1 amide bonds. The summed E-state index contributed by atoms with van der Waals surface area (Å²) in [6.07, 6.45) is 2.70. The Morgan fingerprint density at radius 1 is 1.06 bits per heavy atom. The van der Waals surface area contributed by atoms with Gasteiger partial charge in [0, 0.05) is 28.1 Å². The lowest BCUT2D eigenvalue weighted by Crippen LogP contribution is -2.26. The second-order valence-corrected chi connectivity index (χ2v) is 9.63.